The summed E-state index contributed by atoms with van der Waals surface area (Å²) in [4.78, 5) is 31.4. The maximum Gasteiger partial charge on any atom is 0.272 e. The van der Waals surface area contributed by atoms with Gasteiger partial charge < -0.3 is 4.98 Å². The number of rotatable bonds is 3. The summed E-state index contributed by atoms with van der Waals surface area (Å²) in [5, 5.41) is 10.3. The number of aromatic nitrogens is 4. The number of hydrogen-bond donors (Lipinski definition) is 3. The Kier molecular flexibility index (Phi) is 3.31. The maximum atomic E-state index is 12.3. The highest BCUT2D eigenvalue weighted by molar-refractivity contribution is 5.95. The fraction of sp³-hybridized carbons (Fsp3) is 0.0588. The Bertz CT molecular complexity index is 1080. The summed E-state index contributed by atoms with van der Waals surface area (Å²) >= 11 is 0. The number of para-hydroxylation sites is 2. The average molecular weight is 319 g/mol. The van der Waals surface area contributed by atoms with Crippen molar-refractivity contribution in [3.8, 4) is 0 Å². The van der Waals surface area contributed by atoms with Crippen molar-refractivity contribution in [2.45, 2.75) is 6.42 Å². The molecule has 24 heavy (non-hydrogen) atoms. The minimum Gasteiger partial charge on any atom is -0.324 e. The Morgan fingerprint density at radius 1 is 1.04 bits per heavy atom. The molecule has 3 N–H and O–H groups in total. The van der Waals surface area contributed by atoms with Crippen molar-refractivity contribution < 1.29 is 4.79 Å². The standard InChI is InChI=1S/C17H13N5O2/c23-15(20-17-18-12-7-3-4-8-13(12)19-17)9-14-10-5-1-2-6-11(10)16(24)22-21-14/h1-8H,9H2,(H,22,24)(H2,18,19,20,23). The van der Waals surface area contributed by atoms with Crippen LogP contribution in [-0.4, -0.2) is 26.1 Å². The molecule has 0 atom stereocenters. The van der Waals surface area contributed by atoms with Crippen molar-refractivity contribution in [1.82, 2.24) is 20.2 Å². The van der Waals surface area contributed by atoms with Gasteiger partial charge in [0.1, 0.15) is 0 Å². The number of benzene rings is 2. The third kappa shape index (κ3) is 2.52. The van der Waals surface area contributed by atoms with Gasteiger partial charge in [-0.1, -0.05) is 30.3 Å². The van der Waals surface area contributed by atoms with Crippen LogP contribution < -0.4 is 10.9 Å². The molecule has 7 heteroatoms. The van der Waals surface area contributed by atoms with Gasteiger partial charge in [-0.15, -0.1) is 0 Å². The number of H-pyrrole nitrogens is 2. The maximum absolute atomic E-state index is 12.3. The van der Waals surface area contributed by atoms with Crippen LogP contribution in [0.3, 0.4) is 0 Å². The Morgan fingerprint density at radius 2 is 1.79 bits per heavy atom. The van der Waals surface area contributed by atoms with E-state index in [0.717, 1.165) is 11.0 Å². The highest BCUT2D eigenvalue weighted by atomic mass is 16.1. The zero-order valence-electron chi connectivity index (χ0n) is 12.5. The van der Waals surface area contributed by atoms with Crippen LogP contribution in [-0.2, 0) is 11.2 Å². The lowest BCUT2D eigenvalue weighted by molar-refractivity contribution is -0.115. The van der Waals surface area contributed by atoms with E-state index in [-0.39, 0.29) is 17.9 Å². The molecule has 0 aliphatic carbocycles. The number of fused-ring (bicyclic) bond motifs is 2. The quantitative estimate of drug-likeness (QED) is 0.537. The Balaban J connectivity index is 1.60. The van der Waals surface area contributed by atoms with Crippen molar-refractivity contribution in [3.63, 3.8) is 0 Å². The SMILES string of the molecule is O=C(Cc1n[nH]c(=O)c2ccccc12)Nc1nc2ccccc2[nH]1. The molecule has 0 bridgehead atoms. The van der Waals surface area contributed by atoms with E-state index in [1.807, 2.05) is 30.3 Å². The molecule has 0 aliphatic heterocycles. The lowest BCUT2D eigenvalue weighted by Gasteiger charge is -2.04. The Morgan fingerprint density at radius 3 is 2.62 bits per heavy atom. The molecule has 7 nitrogen and oxygen atoms in total. The van der Waals surface area contributed by atoms with Crippen LogP contribution in [0.2, 0.25) is 0 Å². The minimum atomic E-state index is -0.271. The number of nitrogens with zero attached hydrogens (tertiary/aromatic N) is 2. The molecule has 0 fully saturated rings. The van der Waals surface area contributed by atoms with Gasteiger partial charge >= 0.3 is 0 Å². The summed E-state index contributed by atoms with van der Waals surface area (Å²) in [6.07, 6.45) is 0.0361. The molecule has 0 spiro atoms. The minimum absolute atomic E-state index is 0.0361. The smallest absolute Gasteiger partial charge is 0.272 e. The second-order valence-corrected chi connectivity index (χ2v) is 5.37. The van der Waals surface area contributed by atoms with Crippen LogP contribution >= 0.6 is 0 Å². The fourth-order valence-corrected chi connectivity index (χ4v) is 2.65. The lowest BCUT2D eigenvalue weighted by atomic mass is 10.1. The van der Waals surface area contributed by atoms with E-state index < -0.39 is 0 Å². The number of hydrogen-bond acceptors (Lipinski definition) is 4. The van der Waals surface area contributed by atoms with Crippen LogP contribution in [0.4, 0.5) is 5.95 Å². The van der Waals surface area contributed by atoms with Crippen molar-refractivity contribution in [2.24, 2.45) is 0 Å². The molecule has 2 aromatic carbocycles. The summed E-state index contributed by atoms with van der Waals surface area (Å²) in [6.45, 7) is 0. The van der Waals surface area contributed by atoms with E-state index >= 15 is 0 Å². The predicted molar refractivity (Wildman–Crippen MR) is 90.8 cm³/mol. The second-order valence-electron chi connectivity index (χ2n) is 5.37. The molecule has 2 heterocycles. The first kappa shape index (κ1) is 14.1. The van der Waals surface area contributed by atoms with Crippen LogP contribution in [0.15, 0.2) is 53.3 Å². The number of anilines is 1. The van der Waals surface area contributed by atoms with E-state index in [2.05, 4.69) is 25.5 Å². The molecule has 1 amide bonds. The van der Waals surface area contributed by atoms with E-state index in [0.29, 0.717) is 22.4 Å². The van der Waals surface area contributed by atoms with Gasteiger partial charge in [-0.05, 0) is 18.2 Å². The average Bonchev–Trinajstić information content (AvgIpc) is 3.00. The summed E-state index contributed by atoms with van der Waals surface area (Å²) < 4.78 is 0. The van der Waals surface area contributed by atoms with Gasteiger partial charge in [-0.2, -0.15) is 5.10 Å². The Hall–Kier alpha value is -3.48. The van der Waals surface area contributed by atoms with Crippen molar-refractivity contribution in [3.05, 3.63) is 64.6 Å². The van der Waals surface area contributed by atoms with Crippen LogP contribution in [0.1, 0.15) is 5.69 Å². The fourth-order valence-electron chi connectivity index (χ4n) is 2.65. The van der Waals surface area contributed by atoms with Gasteiger partial charge in [0, 0.05) is 5.39 Å². The number of aromatic amines is 2. The second kappa shape index (κ2) is 5.62. The van der Waals surface area contributed by atoms with E-state index in [4.69, 9.17) is 0 Å². The molecule has 4 rings (SSSR count). The molecule has 4 aromatic rings. The van der Waals surface area contributed by atoms with Crippen LogP contribution in [0.25, 0.3) is 21.8 Å². The van der Waals surface area contributed by atoms with Gasteiger partial charge in [0.2, 0.25) is 11.9 Å². The number of carbonyl (C=O) groups excluding carboxylic acids is 1. The molecule has 0 radical (unpaired) electrons. The largest absolute Gasteiger partial charge is 0.324 e. The van der Waals surface area contributed by atoms with Gasteiger partial charge in [-0.25, -0.2) is 10.1 Å². The first-order chi connectivity index (χ1) is 11.7. The molecule has 0 saturated carbocycles. The van der Waals surface area contributed by atoms with E-state index in [1.54, 1.807) is 18.2 Å². The Labute approximate surface area is 135 Å². The van der Waals surface area contributed by atoms with Crippen LogP contribution in [0, 0.1) is 0 Å². The predicted octanol–water partition coefficient (Wildman–Crippen LogP) is 1.98. The molecule has 0 unspecified atom stereocenters. The molecule has 118 valence electrons. The zero-order chi connectivity index (χ0) is 16.5. The topological polar surface area (TPSA) is 104 Å². The van der Waals surface area contributed by atoms with E-state index in [9.17, 15) is 9.59 Å². The van der Waals surface area contributed by atoms with Crippen LogP contribution in [0.5, 0.6) is 0 Å². The summed E-state index contributed by atoms with van der Waals surface area (Å²) in [5.41, 5.74) is 1.87. The normalized spacial score (nSPS) is 11.0. The molecule has 0 saturated heterocycles. The van der Waals surface area contributed by atoms with Crippen molar-refractivity contribution in [1.29, 1.82) is 0 Å². The first-order valence-corrected chi connectivity index (χ1v) is 7.41. The molecule has 2 aromatic heterocycles. The highest BCUT2D eigenvalue weighted by Crippen LogP contribution is 2.15. The summed E-state index contributed by atoms with van der Waals surface area (Å²) in [6, 6.07) is 14.6. The third-order valence-electron chi connectivity index (χ3n) is 3.75. The summed E-state index contributed by atoms with van der Waals surface area (Å²) in [5.74, 6) is 0.119. The number of imidazole rings is 1. The highest BCUT2D eigenvalue weighted by Gasteiger charge is 2.12. The molecular weight excluding hydrogens is 306 g/mol. The number of amides is 1. The van der Waals surface area contributed by atoms with E-state index in [1.165, 1.54) is 0 Å². The van der Waals surface area contributed by atoms with Crippen molar-refractivity contribution in [2.75, 3.05) is 5.32 Å². The van der Waals surface area contributed by atoms with Gasteiger partial charge in [0.25, 0.3) is 5.56 Å². The molecule has 0 aliphatic rings. The van der Waals surface area contributed by atoms with Gasteiger partial charge in [0.15, 0.2) is 0 Å². The van der Waals surface area contributed by atoms with Gasteiger partial charge in [-0.3, -0.25) is 14.9 Å². The molecular formula is C17H13N5O2. The van der Waals surface area contributed by atoms with Gasteiger partial charge in [0.05, 0.1) is 28.5 Å². The monoisotopic (exact) mass is 319 g/mol. The summed E-state index contributed by atoms with van der Waals surface area (Å²) in [7, 11) is 0. The zero-order valence-corrected chi connectivity index (χ0v) is 12.5. The lowest BCUT2D eigenvalue weighted by Crippen LogP contribution is -2.19. The third-order valence-corrected chi connectivity index (χ3v) is 3.75. The number of carbonyl (C=O) groups is 1. The van der Waals surface area contributed by atoms with Crippen molar-refractivity contribution >= 4 is 33.7 Å². The first-order valence-electron chi connectivity index (χ1n) is 7.41. The number of nitrogens with one attached hydrogen (secondary N) is 3.